The first-order valence-corrected chi connectivity index (χ1v) is 12.6. The predicted octanol–water partition coefficient (Wildman–Crippen LogP) is 4.93. The quantitative estimate of drug-likeness (QED) is 0.294. The number of nitrogens with zero attached hydrogens (tertiary/aromatic N) is 4. The van der Waals surface area contributed by atoms with E-state index >= 15 is 0 Å². The molecule has 8 nitrogen and oxygen atoms in total. The fraction of sp³-hybridized carbons (Fsp3) is 0.179. The molecule has 0 bridgehead atoms. The zero-order chi connectivity index (χ0) is 25.9. The van der Waals surface area contributed by atoms with Crippen molar-refractivity contribution in [3.05, 3.63) is 100 Å². The highest BCUT2D eigenvalue weighted by Gasteiger charge is 2.20. The molecule has 0 aliphatic rings. The second-order valence-electron chi connectivity index (χ2n) is 8.49. The van der Waals surface area contributed by atoms with Gasteiger partial charge in [0.05, 0.1) is 26.5 Å². The Bertz CT molecular complexity index is 1590. The van der Waals surface area contributed by atoms with E-state index in [0.717, 1.165) is 33.8 Å². The average Bonchev–Trinajstić information content (AvgIpc) is 3.26. The van der Waals surface area contributed by atoms with Crippen LogP contribution in [0.25, 0.3) is 16.8 Å². The van der Waals surface area contributed by atoms with E-state index in [0.29, 0.717) is 28.8 Å². The van der Waals surface area contributed by atoms with Gasteiger partial charge in [-0.05, 0) is 60.0 Å². The number of aryl methyl sites for hydroxylation is 1. The van der Waals surface area contributed by atoms with E-state index in [1.165, 1.54) is 16.3 Å². The second-order valence-corrected chi connectivity index (χ2v) is 9.43. The predicted molar refractivity (Wildman–Crippen MR) is 144 cm³/mol. The summed E-state index contributed by atoms with van der Waals surface area (Å²) in [6.07, 6.45) is 0. The number of ether oxygens (including phenoxy) is 2. The molecule has 5 aromatic rings. The summed E-state index contributed by atoms with van der Waals surface area (Å²) in [5.74, 6) is 2.33. The Morgan fingerprint density at radius 3 is 2.05 bits per heavy atom. The average molecular weight is 515 g/mol. The van der Waals surface area contributed by atoms with E-state index in [-0.39, 0.29) is 11.4 Å². The van der Waals surface area contributed by atoms with Gasteiger partial charge >= 0.3 is 5.69 Å². The van der Waals surface area contributed by atoms with Crippen LogP contribution in [0.3, 0.4) is 0 Å². The third kappa shape index (κ3) is 5.03. The number of rotatable bonds is 8. The smallest absolute Gasteiger partial charge is 0.353 e. The van der Waals surface area contributed by atoms with Gasteiger partial charge in [0.1, 0.15) is 17.2 Å². The molecule has 2 heterocycles. The lowest BCUT2D eigenvalue weighted by Gasteiger charge is -2.13. The Balaban J connectivity index is 1.60. The SMILES string of the molecule is COc1ccc(CSc2nc3c(-c4ccc(O)cc4)c(C)nn3c(=O)n2Cc2ccc(OC)cc2)cc1. The fourth-order valence-corrected chi connectivity index (χ4v) is 5.03. The summed E-state index contributed by atoms with van der Waals surface area (Å²) in [4.78, 5) is 18.7. The van der Waals surface area contributed by atoms with E-state index in [1.807, 2.05) is 55.5 Å². The number of aromatic hydroxyl groups is 1. The van der Waals surface area contributed by atoms with Crippen LogP contribution < -0.4 is 15.2 Å². The summed E-state index contributed by atoms with van der Waals surface area (Å²) in [5.41, 5.74) is 4.51. The van der Waals surface area contributed by atoms with Crippen LogP contribution in [0.15, 0.2) is 82.7 Å². The Hall–Kier alpha value is -4.24. The van der Waals surface area contributed by atoms with Crippen LogP contribution in [0.4, 0.5) is 0 Å². The summed E-state index contributed by atoms with van der Waals surface area (Å²) in [7, 11) is 3.26. The molecular weight excluding hydrogens is 488 g/mol. The van der Waals surface area contributed by atoms with Gasteiger partial charge in [0.2, 0.25) is 0 Å². The molecule has 0 radical (unpaired) electrons. The first-order valence-electron chi connectivity index (χ1n) is 11.6. The Morgan fingerprint density at radius 2 is 1.46 bits per heavy atom. The molecule has 0 amide bonds. The molecule has 0 saturated carbocycles. The monoisotopic (exact) mass is 514 g/mol. The number of phenols is 1. The zero-order valence-electron chi connectivity index (χ0n) is 20.7. The summed E-state index contributed by atoms with van der Waals surface area (Å²) < 4.78 is 13.5. The second kappa shape index (κ2) is 10.4. The number of hydrogen-bond donors (Lipinski definition) is 1. The highest BCUT2D eigenvalue weighted by Crippen LogP contribution is 2.30. The molecular formula is C28H26N4O4S. The number of benzene rings is 3. The van der Waals surface area contributed by atoms with Crippen molar-refractivity contribution in [1.29, 1.82) is 0 Å². The number of fused-ring (bicyclic) bond motifs is 1. The number of aromatic nitrogens is 4. The number of hydrogen-bond acceptors (Lipinski definition) is 7. The first-order chi connectivity index (χ1) is 18.0. The Labute approximate surface area is 218 Å². The van der Waals surface area contributed by atoms with Crippen LogP contribution >= 0.6 is 11.8 Å². The largest absolute Gasteiger partial charge is 0.508 e. The highest BCUT2D eigenvalue weighted by molar-refractivity contribution is 7.98. The van der Waals surface area contributed by atoms with Crippen LogP contribution in [-0.2, 0) is 12.3 Å². The maximum atomic E-state index is 13.8. The standard InChI is InChI=1S/C28H26N4O4S/c1-18-25(21-8-10-22(33)11-9-21)26-29-27(37-17-20-6-14-24(36-3)15-7-20)31(28(34)32(26)30-18)16-19-4-12-23(35-2)13-5-19/h4-15,33H,16-17H2,1-3H3. The van der Waals surface area contributed by atoms with Crippen molar-refractivity contribution in [2.24, 2.45) is 0 Å². The Kier molecular flexibility index (Phi) is 6.87. The van der Waals surface area contributed by atoms with Crippen molar-refractivity contribution in [1.82, 2.24) is 19.2 Å². The maximum absolute atomic E-state index is 13.8. The third-order valence-electron chi connectivity index (χ3n) is 6.06. The number of phenolic OH excluding ortho intramolecular Hbond substituents is 1. The minimum atomic E-state index is -0.272. The summed E-state index contributed by atoms with van der Waals surface area (Å²) in [5, 5.41) is 14.9. The van der Waals surface area contributed by atoms with Crippen LogP contribution in [0, 0.1) is 6.92 Å². The van der Waals surface area contributed by atoms with E-state index in [9.17, 15) is 9.90 Å². The van der Waals surface area contributed by atoms with Gasteiger partial charge in [-0.1, -0.05) is 48.2 Å². The summed E-state index contributed by atoms with van der Waals surface area (Å²) in [6.45, 7) is 2.19. The van der Waals surface area contributed by atoms with E-state index in [2.05, 4.69) is 5.10 Å². The number of thioether (sulfide) groups is 1. The van der Waals surface area contributed by atoms with Gasteiger partial charge in [-0.25, -0.2) is 9.78 Å². The van der Waals surface area contributed by atoms with Gasteiger partial charge in [-0.15, -0.1) is 0 Å². The van der Waals surface area contributed by atoms with Gasteiger partial charge < -0.3 is 14.6 Å². The molecule has 0 spiro atoms. The van der Waals surface area contributed by atoms with E-state index in [4.69, 9.17) is 14.5 Å². The van der Waals surface area contributed by atoms with Gasteiger partial charge in [-0.3, -0.25) is 4.57 Å². The van der Waals surface area contributed by atoms with Gasteiger partial charge in [0, 0.05) is 11.3 Å². The molecule has 9 heteroatoms. The topological polar surface area (TPSA) is 90.9 Å². The van der Waals surface area contributed by atoms with Crippen molar-refractivity contribution < 1.29 is 14.6 Å². The summed E-state index contributed by atoms with van der Waals surface area (Å²) >= 11 is 1.49. The van der Waals surface area contributed by atoms with Gasteiger partial charge in [0.25, 0.3) is 0 Å². The minimum absolute atomic E-state index is 0.170. The lowest BCUT2D eigenvalue weighted by molar-refractivity contribution is 0.414. The number of methoxy groups -OCH3 is 2. The van der Waals surface area contributed by atoms with Crippen LogP contribution in [0.1, 0.15) is 16.8 Å². The van der Waals surface area contributed by atoms with Gasteiger partial charge in [0.15, 0.2) is 10.8 Å². The molecule has 0 saturated heterocycles. The third-order valence-corrected chi connectivity index (χ3v) is 7.11. The van der Waals surface area contributed by atoms with Crippen molar-refractivity contribution in [2.45, 2.75) is 24.4 Å². The van der Waals surface area contributed by atoms with Crippen LogP contribution in [0.5, 0.6) is 17.2 Å². The highest BCUT2D eigenvalue weighted by atomic mass is 32.2. The molecule has 0 unspecified atom stereocenters. The Morgan fingerprint density at radius 1 is 0.865 bits per heavy atom. The molecule has 0 fully saturated rings. The van der Waals surface area contributed by atoms with Crippen molar-refractivity contribution in [2.75, 3.05) is 14.2 Å². The molecule has 188 valence electrons. The first kappa shape index (κ1) is 24.5. The fourth-order valence-electron chi connectivity index (χ4n) is 4.09. The lowest BCUT2D eigenvalue weighted by Crippen LogP contribution is -2.30. The van der Waals surface area contributed by atoms with E-state index in [1.54, 1.807) is 43.1 Å². The van der Waals surface area contributed by atoms with Crippen molar-refractivity contribution in [3.8, 4) is 28.4 Å². The molecule has 0 atom stereocenters. The van der Waals surface area contributed by atoms with Crippen LogP contribution in [0.2, 0.25) is 0 Å². The zero-order valence-corrected chi connectivity index (χ0v) is 21.5. The van der Waals surface area contributed by atoms with Gasteiger partial charge in [-0.2, -0.15) is 9.61 Å². The minimum Gasteiger partial charge on any atom is -0.508 e. The lowest BCUT2D eigenvalue weighted by atomic mass is 10.1. The maximum Gasteiger partial charge on any atom is 0.353 e. The molecule has 2 aromatic heterocycles. The molecule has 37 heavy (non-hydrogen) atoms. The molecule has 3 aromatic carbocycles. The molecule has 0 aliphatic heterocycles. The molecule has 1 N–H and O–H groups in total. The van der Waals surface area contributed by atoms with Crippen molar-refractivity contribution >= 4 is 17.4 Å². The molecule has 5 rings (SSSR count). The molecule has 0 aliphatic carbocycles. The summed E-state index contributed by atoms with van der Waals surface area (Å²) in [6, 6.07) is 22.3. The van der Waals surface area contributed by atoms with Crippen LogP contribution in [-0.4, -0.2) is 38.5 Å². The normalized spacial score (nSPS) is 11.1. The van der Waals surface area contributed by atoms with Crippen molar-refractivity contribution in [3.63, 3.8) is 0 Å². The van der Waals surface area contributed by atoms with E-state index < -0.39 is 0 Å².